The summed E-state index contributed by atoms with van der Waals surface area (Å²) in [6.07, 6.45) is 8.03. The van der Waals surface area contributed by atoms with Gasteiger partial charge >= 0.3 is 6.09 Å². The first-order chi connectivity index (χ1) is 12.3. The minimum absolute atomic E-state index is 0.148. The number of hydroxylamine groups is 2. The third-order valence-electron chi connectivity index (χ3n) is 4.90. The first-order valence-electron chi connectivity index (χ1n) is 9.90. The van der Waals surface area contributed by atoms with Crippen molar-refractivity contribution >= 4 is 6.09 Å². The summed E-state index contributed by atoms with van der Waals surface area (Å²) in [4.78, 5) is 20.7. The van der Waals surface area contributed by atoms with Gasteiger partial charge in [-0.15, -0.1) is 0 Å². The van der Waals surface area contributed by atoms with Gasteiger partial charge in [0.1, 0.15) is 0 Å². The number of morpholine rings is 1. The molecule has 0 spiro atoms. The van der Waals surface area contributed by atoms with Crippen molar-refractivity contribution in [3.8, 4) is 0 Å². The molecule has 1 aliphatic carbocycles. The Morgan fingerprint density at radius 2 is 1.84 bits per heavy atom. The van der Waals surface area contributed by atoms with Gasteiger partial charge < -0.3 is 15.2 Å². The number of ether oxygens (including phenoxy) is 2. The highest BCUT2D eigenvalue weighted by atomic mass is 16.7. The molecule has 2 fully saturated rings. The van der Waals surface area contributed by atoms with E-state index in [0.29, 0.717) is 19.8 Å². The maximum Gasteiger partial charge on any atom is 0.434 e. The third-order valence-corrected chi connectivity index (χ3v) is 4.90. The molecule has 1 heterocycles. The molecule has 0 aromatic heterocycles. The van der Waals surface area contributed by atoms with E-state index in [1.807, 2.05) is 0 Å². The molecule has 0 bridgehead atoms. The Balaban J connectivity index is 1.74. The van der Waals surface area contributed by atoms with Crippen molar-refractivity contribution in [2.45, 2.75) is 57.4 Å². The lowest BCUT2D eigenvalue weighted by Gasteiger charge is -2.33. The maximum atomic E-state index is 12.5. The quantitative estimate of drug-likeness (QED) is 0.477. The Hall–Kier alpha value is -0.890. The monoisotopic (exact) mass is 357 g/mol. The van der Waals surface area contributed by atoms with Gasteiger partial charge in [0, 0.05) is 19.6 Å². The Morgan fingerprint density at radius 3 is 2.56 bits per heavy atom. The largest absolute Gasteiger partial charge is 0.448 e. The van der Waals surface area contributed by atoms with Gasteiger partial charge in [0.25, 0.3) is 0 Å². The molecule has 2 aliphatic rings. The van der Waals surface area contributed by atoms with Gasteiger partial charge in [0.15, 0.2) is 0 Å². The second-order valence-electron chi connectivity index (χ2n) is 6.87. The highest BCUT2D eigenvalue weighted by molar-refractivity contribution is 5.66. The van der Waals surface area contributed by atoms with Gasteiger partial charge in [-0.25, -0.2) is 4.79 Å². The third kappa shape index (κ3) is 7.90. The second kappa shape index (κ2) is 12.5. The van der Waals surface area contributed by atoms with Gasteiger partial charge in [-0.2, -0.15) is 5.06 Å². The van der Waals surface area contributed by atoms with Gasteiger partial charge in [-0.05, 0) is 38.6 Å². The zero-order chi connectivity index (χ0) is 17.7. The molecule has 1 saturated carbocycles. The molecule has 2 rings (SSSR count). The van der Waals surface area contributed by atoms with Crippen molar-refractivity contribution in [1.82, 2.24) is 9.96 Å². The van der Waals surface area contributed by atoms with Crippen LogP contribution < -0.4 is 5.73 Å². The molecule has 7 nitrogen and oxygen atoms in total. The van der Waals surface area contributed by atoms with E-state index in [0.717, 1.165) is 77.8 Å². The van der Waals surface area contributed by atoms with Gasteiger partial charge in [0.2, 0.25) is 0 Å². The number of unbranched alkanes of at least 4 members (excludes halogenated alkanes) is 2. The van der Waals surface area contributed by atoms with Crippen LogP contribution in [0.5, 0.6) is 0 Å². The Kier molecular flexibility index (Phi) is 10.2. The molecule has 0 radical (unpaired) electrons. The molecule has 0 atom stereocenters. The molecule has 0 aromatic carbocycles. The molecule has 0 aromatic rings. The van der Waals surface area contributed by atoms with Crippen LogP contribution in [0, 0.1) is 0 Å². The molecule has 7 heteroatoms. The Labute approximate surface area is 151 Å². The molecule has 25 heavy (non-hydrogen) atoms. The standard InChI is InChI=1S/C18H35N3O4/c19-9-5-2-6-13-24-18(22)21(17-7-3-1-4-8-17)25-16-12-20-10-14-23-15-11-20/h17H,1-16,19H2. The molecule has 1 amide bonds. The number of nitrogens with zero attached hydrogens (tertiary/aromatic N) is 2. The average Bonchev–Trinajstić information content (AvgIpc) is 2.66. The van der Waals surface area contributed by atoms with E-state index < -0.39 is 0 Å². The predicted octanol–water partition coefficient (Wildman–Crippen LogP) is 2.15. The van der Waals surface area contributed by atoms with Crippen LogP contribution >= 0.6 is 0 Å². The van der Waals surface area contributed by atoms with Crippen molar-refractivity contribution in [2.24, 2.45) is 5.73 Å². The highest BCUT2D eigenvalue weighted by Gasteiger charge is 2.28. The van der Waals surface area contributed by atoms with Crippen LogP contribution in [0.2, 0.25) is 0 Å². The first kappa shape index (κ1) is 20.4. The van der Waals surface area contributed by atoms with E-state index in [-0.39, 0.29) is 12.1 Å². The van der Waals surface area contributed by atoms with Crippen LogP contribution in [0.4, 0.5) is 4.79 Å². The number of amides is 1. The molecule has 0 unspecified atom stereocenters. The SMILES string of the molecule is NCCCCCOC(=O)N(OCCN1CCOCC1)C1CCCCC1. The smallest absolute Gasteiger partial charge is 0.434 e. The fourth-order valence-corrected chi connectivity index (χ4v) is 3.36. The zero-order valence-corrected chi connectivity index (χ0v) is 15.5. The lowest BCUT2D eigenvalue weighted by molar-refractivity contribution is -0.171. The van der Waals surface area contributed by atoms with Crippen LogP contribution in [0.3, 0.4) is 0 Å². The fraction of sp³-hybridized carbons (Fsp3) is 0.944. The minimum atomic E-state index is -0.332. The maximum absolute atomic E-state index is 12.5. The van der Waals surface area contributed by atoms with E-state index in [2.05, 4.69) is 4.90 Å². The summed E-state index contributed by atoms with van der Waals surface area (Å²) in [6, 6.07) is 0.148. The lowest BCUT2D eigenvalue weighted by atomic mass is 9.95. The summed E-state index contributed by atoms with van der Waals surface area (Å²) in [7, 11) is 0. The Bertz CT molecular complexity index is 358. The molecular weight excluding hydrogens is 322 g/mol. The number of carbonyl (C=O) groups excluding carboxylic acids is 1. The van der Waals surface area contributed by atoms with Crippen LogP contribution in [0.25, 0.3) is 0 Å². The average molecular weight is 357 g/mol. The number of hydrogen-bond acceptors (Lipinski definition) is 6. The first-order valence-corrected chi connectivity index (χ1v) is 9.90. The van der Waals surface area contributed by atoms with Crippen LogP contribution in [-0.4, -0.2) is 74.7 Å². The molecule has 1 saturated heterocycles. The number of rotatable bonds is 10. The molecule has 146 valence electrons. The van der Waals surface area contributed by atoms with Crippen LogP contribution in [0.1, 0.15) is 51.4 Å². The van der Waals surface area contributed by atoms with E-state index in [1.54, 1.807) is 0 Å². The van der Waals surface area contributed by atoms with Crippen molar-refractivity contribution in [3.63, 3.8) is 0 Å². The number of hydrogen-bond donors (Lipinski definition) is 1. The molecule has 1 aliphatic heterocycles. The van der Waals surface area contributed by atoms with E-state index in [1.165, 1.54) is 11.5 Å². The van der Waals surface area contributed by atoms with Gasteiger partial charge in [0.05, 0.1) is 32.5 Å². The summed E-state index contributed by atoms with van der Waals surface area (Å²) >= 11 is 0. The van der Waals surface area contributed by atoms with E-state index in [4.69, 9.17) is 20.0 Å². The van der Waals surface area contributed by atoms with Crippen molar-refractivity contribution in [1.29, 1.82) is 0 Å². The minimum Gasteiger partial charge on any atom is -0.448 e. The normalized spacial score (nSPS) is 19.7. The van der Waals surface area contributed by atoms with Gasteiger partial charge in [-0.3, -0.25) is 9.74 Å². The van der Waals surface area contributed by atoms with Crippen LogP contribution in [0.15, 0.2) is 0 Å². The highest BCUT2D eigenvalue weighted by Crippen LogP contribution is 2.23. The zero-order valence-electron chi connectivity index (χ0n) is 15.5. The summed E-state index contributed by atoms with van der Waals surface area (Å²) in [6.45, 7) is 5.86. The topological polar surface area (TPSA) is 77.3 Å². The predicted molar refractivity (Wildman–Crippen MR) is 96.2 cm³/mol. The number of carbonyl (C=O) groups is 1. The van der Waals surface area contributed by atoms with E-state index in [9.17, 15) is 4.79 Å². The van der Waals surface area contributed by atoms with Gasteiger partial charge in [-0.1, -0.05) is 19.3 Å². The number of nitrogens with two attached hydrogens (primary N) is 1. The van der Waals surface area contributed by atoms with Crippen molar-refractivity contribution in [2.75, 3.05) is 52.6 Å². The summed E-state index contributed by atoms with van der Waals surface area (Å²) in [5, 5.41) is 1.52. The van der Waals surface area contributed by atoms with Crippen LogP contribution in [-0.2, 0) is 14.3 Å². The second-order valence-corrected chi connectivity index (χ2v) is 6.87. The summed E-state index contributed by atoms with van der Waals surface area (Å²) in [5.41, 5.74) is 5.48. The molecule has 2 N–H and O–H groups in total. The van der Waals surface area contributed by atoms with Crippen molar-refractivity contribution in [3.05, 3.63) is 0 Å². The fourth-order valence-electron chi connectivity index (χ4n) is 3.36. The Morgan fingerprint density at radius 1 is 1.08 bits per heavy atom. The van der Waals surface area contributed by atoms with E-state index >= 15 is 0 Å². The summed E-state index contributed by atoms with van der Waals surface area (Å²) in [5.74, 6) is 0. The summed E-state index contributed by atoms with van der Waals surface area (Å²) < 4.78 is 10.8. The van der Waals surface area contributed by atoms with Crippen molar-refractivity contribution < 1.29 is 19.1 Å². The lowest BCUT2D eigenvalue weighted by Crippen LogP contribution is -2.44. The molecular formula is C18H35N3O4.